The summed E-state index contributed by atoms with van der Waals surface area (Å²) in [4.78, 5) is 0. The van der Waals surface area contributed by atoms with Gasteiger partial charge in [-0.1, -0.05) is 51.1 Å². The molecule has 2 nitrogen and oxygen atoms in total. The van der Waals surface area contributed by atoms with Gasteiger partial charge < -0.3 is 8.83 Å². The van der Waals surface area contributed by atoms with Gasteiger partial charge in [-0.3, -0.25) is 0 Å². The van der Waals surface area contributed by atoms with Crippen LogP contribution in [-0.2, 0) is 5.41 Å². The molecule has 0 unspecified atom stereocenters. The third kappa shape index (κ3) is 1.97. The fourth-order valence-electron chi connectivity index (χ4n) is 4.09. The third-order valence-corrected chi connectivity index (χ3v) is 5.10. The molecule has 3 aromatic carbocycles. The van der Waals surface area contributed by atoms with Gasteiger partial charge in [0.2, 0.25) is 0 Å². The summed E-state index contributed by atoms with van der Waals surface area (Å²) in [5.41, 5.74) is 6.26. The number of hydrogen-bond acceptors (Lipinski definition) is 2. The first kappa shape index (κ1) is 14.6. The summed E-state index contributed by atoms with van der Waals surface area (Å²) in [6, 6.07) is 16.8. The number of benzene rings is 3. The minimum atomic E-state index is 0.0310. The number of aryl methyl sites for hydroxylation is 1. The molecule has 25 heavy (non-hydrogen) atoms. The number of fused-ring (bicyclic) bond motifs is 6. The third-order valence-electron chi connectivity index (χ3n) is 5.10. The Morgan fingerprint density at radius 1 is 0.680 bits per heavy atom. The molecule has 0 spiro atoms. The SMILES string of the molecule is Cc1ccc2c(oc3cc4oc5ccccc5c4cc32)c1C(C)(C)C. The molecular formula is C23H20O2. The lowest BCUT2D eigenvalue weighted by Gasteiger charge is -2.21. The van der Waals surface area contributed by atoms with Gasteiger partial charge in [-0.15, -0.1) is 0 Å². The first-order valence-electron chi connectivity index (χ1n) is 8.71. The first-order valence-corrected chi connectivity index (χ1v) is 8.71. The van der Waals surface area contributed by atoms with E-state index in [0.717, 1.165) is 38.5 Å². The number of para-hydroxylation sites is 1. The van der Waals surface area contributed by atoms with Gasteiger partial charge in [0.05, 0.1) is 0 Å². The normalized spacial score (nSPS) is 12.8. The second-order valence-electron chi connectivity index (χ2n) is 7.93. The lowest BCUT2D eigenvalue weighted by Crippen LogP contribution is -2.13. The van der Waals surface area contributed by atoms with Crippen LogP contribution in [0.1, 0.15) is 31.9 Å². The molecule has 0 saturated heterocycles. The highest BCUT2D eigenvalue weighted by Crippen LogP contribution is 2.40. The van der Waals surface area contributed by atoms with Gasteiger partial charge in [0.15, 0.2) is 0 Å². The number of hydrogen-bond donors (Lipinski definition) is 0. The topological polar surface area (TPSA) is 26.3 Å². The molecule has 124 valence electrons. The van der Waals surface area contributed by atoms with Crippen LogP contribution in [0.5, 0.6) is 0 Å². The molecule has 5 rings (SSSR count). The Morgan fingerprint density at radius 3 is 2.20 bits per heavy atom. The highest BCUT2D eigenvalue weighted by atomic mass is 16.3. The molecule has 2 heteroatoms. The van der Waals surface area contributed by atoms with Crippen molar-refractivity contribution in [1.29, 1.82) is 0 Å². The van der Waals surface area contributed by atoms with Crippen LogP contribution in [0.25, 0.3) is 43.9 Å². The Morgan fingerprint density at radius 2 is 1.40 bits per heavy atom. The molecule has 2 aromatic heterocycles. The predicted molar refractivity (Wildman–Crippen MR) is 104 cm³/mol. The standard InChI is InChI=1S/C23H20O2/c1-13-9-10-15-17-11-16-14-7-5-6-8-18(14)24-19(16)12-20(17)25-22(15)21(13)23(2,3)4/h5-12H,1-4H3. The molecular weight excluding hydrogens is 308 g/mol. The van der Waals surface area contributed by atoms with Gasteiger partial charge in [-0.05, 0) is 30.0 Å². The Balaban J connectivity index is 1.96. The Hall–Kier alpha value is -2.74. The van der Waals surface area contributed by atoms with Gasteiger partial charge in [0.25, 0.3) is 0 Å². The maximum Gasteiger partial charge on any atom is 0.139 e. The lowest BCUT2D eigenvalue weighted by atomic mass is 9.83. The summed E-state index contributed by atoms with van der Waals surface area (Å²) in [6.45, 7) is 8.87. The van der Waals surface area contributed by atoms with Crippen LogP contribution >= 0.6 is 0 Å². The van der Waals surface area contributed by atoms with E-state index in [9.17, 15) is 0 Å². The van der Waals surface area contributed by atoms with Crippen LogP contribution < -0.4 is 0 Å². The van der Waals surface area contributed by atoms with Gasteiger partial charge in [-0.25, -0.2) is 0 Å². The van der Waals surface area contributed by atoms with Crippen molar-refractivity contribution in [2.75, 3.05) is 0 Å². The van der Waals surface area contributed by atoms with E-state index in [1.54, 1.807) is 0 Å². The van der Waals surface area contributed by atoms with Gasteiger partial charge >= 0.3 is 0 Å². The van der Waals surface area contributed by atoms with Crippen LogP contribution in [0, 0.1) is 6.92 Å². The molecule has 0 aliphatic rings. The zero-order valence-electron chi connectivity index (χ0n) is 14.9. The fraction of sp³-hybridized carbons (Fsp3) is 0.217. The van der Waals surface area contributed by atoms with Crippen LogP contribution in [-0.4, -0.2) is 0 Å². The van der Waals surface area contributed by atoms with Crippen molar-refractivity contribution >= 4 is 43.9 Å². The molecule has 0 aliphatic heterocycles. The van der Waals surface area contributed by atoms with E-state index in [1.807, 2.05) is 18.2 Å². The molecule has 0 radical (unpaired) electrons. The van der Waals surface area contributed by atoms with Crippen molar-refractivity contribution in [3.8, 4) is 0 Å². The second kappa shape index (κ2) is 4.66. The van der Waals surface area contributed by atoms with Crippen molar-refractivity contribution in [3.63, 3.8) is 0 Å². The zero-order chi connectivity index (χ0) is 17.3. The van der Waals surface area contributed by atoms with Crippen molar-refractivity contribution in [2.24, 2.45) is 0 Å². The van der Waals surface area contributed by atoms with Gasteiger partial charge in [0.1, 0.15) is 22.3 Å². The van der Waals surface area contributed by atoms with E-state index >= 15 is 0 Å². The van der Waals surface area contributed by atoms with Crippen molar-refractivity contribution in [2.45, 2.75) is 33.1 Å². The summed E-state index contributed by atoms with van der Waals surface area (Å²) in [5, 5.41) is 4.62. The zero-order valence-corrected chi connectivity index (χ0v) is 14.9. The van der Waals surface area contributed by atoms with E-state index in [-0.39, 0.29) is 5.41 Å². The molecule has 0 amide bonds. The molecule has 0 N–H and O–H groups in total. The summed E-state index contributed by atoms with van der Waals surface area (Å²) in [6.07, 6.45) is 0. The largest absolute Gasteiger partial charge is 0.456 e. The molecule has 2 heterocycles. The molecule has 0 fully saturated rings. The average Bonchev–Trinajstić information content (AvgIpc) is 3.08. The minimum absolute atomic E-state index is 0.0310. The van der Waals surface area contributed by atoms with Gasteiger partial charge in [0, 0.05) is 33.2 Å². The predicted octanol–water partition coefficient (Wildman–Crippen LogP) is 7.09. The van der Waals surface area contributed by atoms with E-state index in [2.05, 4.69) is 58.0 Å². The highest BCUT2D eigenvalue weighted by molar-refractivity contribution is 6.15. The van der Waals surface area contributed by atoms with Crippen LogP contribution in [0.2, 0.25) is 0 Å². The van der Waals surface area contributed by atoms with E-state index in [0.29, 0.717) is 0 Å². The second-order valence-corrected chi connectivity index (χ2v) is 7.93. The maximum absolute atomic E-state index is 6.34. The first-order chi connectivity index (χ1) is 11.9. The van der Waals surface area contributed by atoms with Crippen molar-refractivity contribution < 1.29 is 8.83 Å². The Bertz CT molecular complexity index is 1280. The molecule has 0 aliphatic carbocycles. The van der Waals surface area contributed by atoms with Crippen LogP contribution in [0.4, 0.5) is 0 Å². The van der Waals surface area contributed by atoms with E-state index < -0.39 is 0 Å². The Kier molecular flexibility index (Phi) is 2.72. The number of rotatable bonds is 0. The fourth-order valence-corrected chi connectivity index (χ4v) is 4.09. The van der Waals surface area contributed by atoms with Gasteiger partial charge in [-0.2, -0.15) is 0 Å². The maximum atomic E-state index is 6.34. The smallest absolute Gasteiger partial charge is 0.139 e. The Labute approximate surface area is 146 Å². The summed E-state index contributed by atoms with van der Waals surface area (Å²) < 4.78 is 12.4. The molecule has 5 aromatic rings. The van der Waals surface area contributed by atoms with E-state index in [4.69, 9.17) is 8.83 Å². The van der Waals surface area contributed by atoms with Crippen LogP contribution in [0.15, 0.2) is 57.4 Å². The van der Waals surface area contributed by atoms with E-state index in [1.165, 1.54) is 16.5 Å². The molecule has 0 bridgehead atoms. The van der Waals surface area contributed by atoms with Crippen LogP contribution in [0.3, 0.4) is 0 Å². The highest BCUT2D eigenvalue weighted by Gasteiger charge is 2.23. The monoisotopic (exact) mass is 328 g/mol. The number of furan rings is 2. The minimum Gasteiger partial charge on any atom is -0.456 e. The summed E-state index contributed by atoms with van der Waals surface area (Å²) in [7, 11) is 0. The molecule has 0 saturated carbocycles. The summed E-state index contributed by atoms with van der Waals surface area (Å²) in [5.74, 6) is 0. The van der Waals surface area contributed by atoms with Crippen molar-refractivity contribution in [3.05, 3.63) is 59.7 Å². The molecule has 0 atom stereocenters. The lowest BCUT2D eigenvalue weighted by molar-refractivity contribution is 0.569. The quantitative estimate of drug-likeness (QED) is 0.303. The summed E-state index contributed by atoms with van der Waals surface area (Å²) >= 11 is 0. The average molecular weight is 328 g/mol. The van der Waals surface area contributed by atoms with Crippen molar-refractivity contribution in [1.82, 2.24) is 0 Å².